The van der Waals surface area contributed by atoms with Gasteiger partial charge in [-0.3, -0.25) is 4.79 Å². The van der Waals surface area contributed by atoms with Crippen molar-refractivity contribution in [1.29, 1.82) is 0 Å². The second-order valence-corrected chi connectivity index (χ2v) is 4.62. The molecule has 2 nitrogen and oxygen atoms in total. The Hall–Kier alpha value is -2.35. The molecule has 2 aromatic carbocycles. The van der Waals surface area contributed by atoms with Crippen LogP contribution in [0.25, 0.3) is 5.70 Å². The molecule has 0 N–H and O–H groups in total. The number of nitrogens with zero attached hydrogens (tertiary/aromatic N) is 1. The third-order valence-corrected chi connectivity index (χ3v) is 3.29. The van der Waals surface area contributed by atoms with Crippen LogP contribution in [0, 0.1) is 0 Å². The van der Waals surface area contributed by atoms with Crippen molar-refractivity contribution in [1.82, 2.24) is 0 Å². The SMILES string of the molecule is O=C1CC=C(c2ccccc2)N(c2ccccc2)C1. The highest BCUT2D eigenvalue weighted by atomic mass is 16.1. The molecule has 0 atom stereocenters. The lowest BCUT2D eigenvalue weighted by Crippen LogP contribution is -2.31. The predicted octanol–water partition coefficient (Wildman–Crippen LogP) is 3.51. The summed E-state index contributed by atoms with van der Waals surface area (Å²) < 4.78 is 0. The molecule has 0 amide bonds. The number of carbonyl (C=O) groups is 1. The van der Waals surface area contributed by atoms with Gasteiger partial charge in [-0.25, -0.2) is 0 Å². The van der Waals surface area contributed by atoms with Crippen LogP contribution in [-0.4, -0.2) is 12.3 Å². The maximum absolute atomic E-state index is 11.7. The van der Waals surface area contributed by atoms with Crippen molar-refractivity contribution in [3.05, 3.63) is 72.3 Å². The summed E-state index contributed by atoms with van der Waals surface area (Å²) in [4.78, 5) is 13.8. The second kappa shape index (κ2) is 5.11. The lowest BCUT2D eigenvalue weighted by Gasteiger charge is -2.30. The van der Waals surface area contributed by atoms with E-state index in [0.29, 0.717) is 13.0 Å². The van der Waals surface area contributed by atoms with E-state index in [9.17, 15) is 4.79 Å². The van der Waals surface area contributed by atoms with Crippen molar-refractivity contribution < 1.29 is 4.79 Å². The highest BCUT2D eigenvalue weighted by Gasteiger charge is 2.21. The molecule has 19 heavy (non-hydrogen) atoms. The van der Waals surface area contributed by atoms with Gasteiger partial charge in [0.15, 0.2) is 5.78 Å². The molecule has 0 aliphatic carbocycles. The number of allylic oxidation sites excluding steroid dienone is 1. The van der Waals surface area contributed by atoms with E-state index in [1.54, 1.807) is 0 Å². The fourth-order valence-electron chi connectivity index (χ4n) is 2.37. The Morgan fingerprint density at radius 2 is 1.47 bits per heavy atom. The normalized spacial score (nSPS) is 15.3. The molecule has 1 heterocycles. The molecule has 0 radical (unpaired) electrons. The number of rotatable bonds is 2. The van der Waals surface area contributed by atoms with Crippen molar-refractivity contribution in [3.8, 4) is 0 Å². The minimum atomic E-state index is 0.253. The topological polar surface area (TPSA) is 20.3 Å². The summed E-state index contributed by atoms with van der Waals surface area (Å²) >= 11 is 0. The average molecular weight is 249 g/mol. The first-order chi connectivity index (χ1) is 9.34. The minimum absolute atomic E-state index is 0.253. The zero-order chi connectivity index (χ0) is 13.1. The monoisotopic (exact) mass is 249 g/mol. The van der Waals surface area contributed by atoms with E-state index >= 15 is 0 Å². The minimum Gasteiger partial charge on any atom is -0.334 e. The van der Waals surface area contributed by atoms with Crippen LogP contribution in [0.15, 0.2) is 66.7 Å². The first-order valence-corrected chi connectivity index (χ1v) is 6.44. The van der Waals surface area contributed by atoms with E-state index in [-0.39, 0.29) is 5.78 Å². The zero-order valence-electron chi connectivity index (χ0n) is 10.6. The van der Waals surface area contributed by atoms with Crippen LogP contribution in [0.2, 0.25) is 0 Å². The Kier molecular flexibility index (Phi) is 3.15. The summed E-state index contributed by atoms with van der Waals surface area (Å²) in [5, 5.41) is 0. The fraction of sp³-hybridized carbons (Fsp3) is 0.118. The summed E-state index contributed by atoms with van der Waals surface area (Å²) in [5.74, 6) is 0.253. The predicted molar refractivity (Wildman–Crippen MR) is 77.8 cm³/mol. The molecule has 0 saturated carbocycles. The molecule has 94 valence electrons. The molecular formula is C17H15NO. The van der Waals surface area contributed by atoms with Gasteiger partial charge < -0.3 is 4.90 Å². The van der Waals surface area contributed by atoms with Crippen LogP contribution in [0.3, 0.4) is 0 Å². The van der Waals surface area contributed by atoms with Crippen LogP contribution in [0.4, 0.5) is 5.69 Å². The van der Waals surface area contributed by atoms with Gasteiger partial charge in [-0.1, -0.05) is 54.6 Å². The molecule has 2 heteroatoms. The molecule has 1 aliphatic heterocycles. The Morgan fingerprint density at radius 3 is 2.16 bits per heavy atom. The maximum Gasteiger partial charge on any atom is 0.156 e. The summed E-state index contributed by atoms with van der Waals surface area (Å²) in [6.07, 6.45) is 2.54. The Morgan fingerprint density at radius 1 is 0.842 bits per heavy atom. The standard InChI is InChI=1S/C17H15NO/c19-16-11-12-17(14-7-3-1-4-8-14)18(13-16)15-9-5-2-6-10-15/h1-10,12H,11,13H2. The van der Waals surface area contributed by atoms with Gasteiger partial charge in [0.25, 0.3) is 0 Å². The molecule has 0 aromatic heterocycles. The quantitative estimate of drug-likeness (QED) is 0.811. The van der Waals surface area contributed by atoms with E-state index < -0.39 is 0 Å². The number of para-hydroxylation sites is 1. The van der Waals surface area contributed by atoms with Crippen molar-refractivity contribution in [2.45, 2.75) is 6.42 Å². The van der Waals surface area contributed by atoms with Crippen LogP contribution in [-0.2, 0) is 4.79 Å². The van der Waals surface area contributed by atoms with Crippen LogP contribution in [0.5, 0.6) is 0 Å². The molecule has 3 rings (SSSR count). The number of hydrogen-bond donors (Lipinski definition) is 0. The molecule has 0 fully saturated rings. The number of carbonyl (C=O) groups excluding carboxylic acids is 1. The van der Waals surface area contributed by atoms with E-state index in [1.807, 2.05) is 54.6 Å². The molecule has 2 aromatic rings. The van der Waals surface area contributed by atoms with Crippen LogP contribution < -0.4 is 4.90 Å². The van der Waals surface area contributed by atoms with Crippen molar-refractivity contribution in [2.75, 3.05) is 11.4 Å². The molecular weight excluding hydrogens is 234 g/mol. The van der Waals surface area contributed by atoms with Crippen molar-refractivity contribution in [2.24, 2.45) is 0 Å². The van der Waals surface area contributed by atoms with Crippen LogP contribution >= 0.6 is 0 Å². The number of hydrogen-bond acceptors (Lipinski definition) is 2. The lowest BCUT2D eigenvalue weighted by molar-refractivity contribution is -0.117. The average Bonchev–Trinajstić information content (AvgIpc) is 2.49. The molecule has 0 saturated heterocycles. The lowest BCUT2D eigenvalue weighted by atomic mass is 10.0. The fourth-order valence-corrected chi connectivity index (χ4v) is 2.37. The zero-order valence-corrected chi connectivity index (χ0v) is 10.6. The largest absolute Gasteiger partial charge is 0.334 e. The summed E-state index contributed by atoms with van der Waals surface area (Å²) in [7, 11) is 0. The van der Waals surface area contributed by atoms with Gasteiger partial charge in [0.1, 0.15) is 0 Å². The molecule has 0 bridgehead atoms. The Bertz CT molecular complexity index is 602. The first kappa shape index (κ1) is 11.7. The smallest absolute Gasteiger partial charge is 0.156 e. The van der Waals surface area contributed by atoms with Gasteiger partial charge in [0.2, 0.25) is 0 Å². The third-order valence-electron chi connectivity index (χ3n) is 3.29. The Labute approximate surface area is 113 Å². The number of benzene rings is 2. The van der Waals surface area contributed by atoms with E-state index in [2.05, 4.69) is 17.0 Å². The van der Waals surface area contributed by atoms with Gasteiger partial charge in [-0.2, -0.15) is 0 Å². The first-order valence-electron chi connectivity index (χ1n) is 6.44. The van der Waals surface area contributed by atoms with E-state index in [4.69, 9.17) is 0 Å². The van der Waals surface area contributed by atoms with Crippen LogP contribution in [0.1, 0.15) is 12.0 Å². The van der Waals surface area contributed by atoms with Gasteiger partial charge in [0.05, 0.1) is 6.54 Å². The maximum atomic E-state index is 11.7. The highest BCUT2D eigenvalue weighted by Crippen LogP contribution is 2.29. The van der Waals surface area contributed by atoms with E-state index in [0.717, 1.165) is 16.9 Å². The second-order valence-electron chi connectivity index (χ2n) is 4.62. The van der Waals surface area contributed by atoms with Gasteiger partial charge in [-0.05, 0) is 17.7 Å². The summed E-state index contributed by atoms with van der Waals surface area (Å²) in [5.41, 5.74) is 3.33. The van der Waals surface area contributed by atoms with Gasteiger partial charge in [0, 0.05) is 17.8 Å². The number of ketones is 1. The Balaban J connectivity index is 2.03. The van der Waals surface area contributed by atoms with Gasteiger partial charge in [-0.15, -0.1) is 0 Å². The molecule has 0 unspecified atom stereocenters. The molecule has 0 spiro atoms. The number of Topliss-reactive ketones (excluding diaryl/α,β-unsaturated/α-hetero) is 1. The summed E-state index contributed by atoms with van der Waals surface area (Å²) in [6, 6.07) is 20.3. The summed E-state index contributed by atoms with van der Waals surface area (Å²) in [6.45, 7) is 0.449. The van der Waals surface area contributed by atoms with E-state index in [1.165, 1.54) is 0 Å². The van der Waals surface area contributed by atoms with Crippen molar-refractivity contribution >= 4 is 17.2 Å². The highest BCUT2D eigenvalue weighted by molar-refractivity contribution is 5.95. The third kappa shape index (κ3) is 2.43. The van der Waals surface area contributed by atoms with Crippen molar-refractivity contribution in [3.63, 3.8) is 0 Å². The molecule has 1 aliphatic rings. The number of anilines is 1. The van der Waals surface area contributed by atoms with Gasteiger partial charge >= 0.3 is 0 Å².